The van der Waals surface area contributed by atoms with Crippen molar-refractivity contribution in [3.8, 4) is 11.5 Å². The highest BCUT2D eigenvalue weighted by Crippen LogP contribution is 2.34. The number of ether oxygens (including phenoxy) is 3. The molecule has 0 spiro atoms. The number of anilines is 1. The van der Waals surface area contributed by atoms with Crippen molar-refractivity contribution in [3.63, 3.8) is 0 Å². The number of hydrogen-bond donors (Lipinski definition) is 1. The molecule has 172 valence electrons. The molecule has 8 heteroatoms. The fraction of sp³-hybridized carbons (Fsp3) is 0.200. The minimum absolute atomic E-state index is 0.210. The third-order valence-electron chi connectivity index (χ3n) is 4.86. The second-order valence-corrected chi connectivity index (χ2v) is 8.20. The highest BCUT2D eigenvalue weighted by Gasteiger charge is 2.16. The molecule has 0 saturated carbocycles. The zero-order chi connectivity index (χ0) is 24.0. The fourth-order valence-corrected chi connectivity index (χ4v) is 3.52. The molecule has 1 aromatic heterocycles. The summed E-state index contributed by atoms with van der Waals surface area (Å²) in [7, 11) is 3.06. The molecule has 2 aromatic carbocycles. The number of rotatable bonds is 7. The molecule has 33 heavy (non-hydrogen) atoms. The van der Waals surface area contributed by atoms with Crippen molar-refractivity contribution in [2.24, 2.45) is 0 Å². The Balaban J connectivity index is 1.95. The van der Waals surface area contributed by atoms with Gasteiger partial charge in [0.15, 0.2) is 11.5 Å². The first-order chi connectivity index (χ1) is 15.8. The van der Waals surface area contributed by atoms with Gasteiger partial charge >= 0.3 is 6.09 Å². The number of amides is 1. The Labute approximate surface area is 203 Å². The number of pyridine rings is 1. The minimum atomic E-state index is -0.672. The third kappa shape index (κ3) is 6.18. The summed E-state index contributed by atoms with van der Waals surface area (Å²) < 4.78 is 16.4. The molecular formula is C25H24Cl2N2O4. The molecule has 3 rings (SSSR count). The van der Waals surface area contributed by atoms with Gasteiger partial charge in [-0.2, -0.15) is 0 Å². The first-order valence-corrected chi connectivity index (χ1v) is 10.9. The average Bonchev–Trinajstić information content (AvgIpc) is 2.80. The van der Waals surface area contributed by atoms with Crippen LogP contribution in [0.5, 0.6) is 11.5 Å². The number of halogens is 2. The molecule has 0 bridgehead atoms. The van der Waals surface area contributed by atoms with E-state index in [9.17, 15) is 4.79 Å². The maximum Gasteiger partial charge on any atom is 0.417 e. The zero-order valence-electron chi connectivity index (χ0n) is 18.7. The molecule has 0 saturated heterocycles. The van der Waals surface area contributed by atoms with E-state index in [1.807, 2.05) is 24.3 Å². The van der Waals surface area contributed by atoms with Gasteiger partial charge in [-0.3, -0.25) is 10.3 Å². The molecule has 0 aliphatic carbocycles. The van der Waals surface area contributed by atoms with Crippen molar-refractivity contribution in [2.75, 3.05) is 19.5 Å². The second-order valence-electron chi connectivity index (χ2n) is 7.39. The van der Waals surface area contributed by atoms with E-state index in [4.69, 9.17) is 37.4 Å². The number of nitrogens with one attached hydrogen (secondary N) is 1. The largest absolute Gasteiger partial charge is 0.493 e. The zero-order valence-corrected chi connectivity index (χ0v) is 20.2. The van der Waals surface area contributed by atoms with E-state index < -0.39 is 6.09 Å². The van der Waals surface area contributed by atoms with Gasteiger partial charge in [0, 0.05) is 29.2 Å². The van der Waals surface area contributed by atoms with Crippen LogP contribution in [0.3, 0.4) is 0 Å². The lowest BCUT2D eigenvalue weighted by Crippen LogP contribution is -2.13. The van der Waals surface area contributed by atoms with Gasteiger partial charge in [-0.25, -0.2) is 4.79 Å². The lowest BCUT2D eigenvalue weighted by Gasteiger charge is -2.14. The molecule has 0 atom stereocenters. The summed E-state index contributed by atoms with van der Waals surface area (Å²) >= 11 is 12.6. The van der Waals surface area contributed by atoms with Crippen LogP contribution in [-0.4, -0.2) is 25.3 Å². The van der Waals surface area contributed by atoms with Crippen LogP contribution in [0.25, 0.3) is 11.8 Å². The van der Waals surface area contributed by atoms with Crippen molar-refractivity contribution in [2.45, 2.75) is 19.8 Å². The lowest BCUT2D eigenvalue weighted by atomic mass is 10.0. The molecule has 1 N–H and O–H groups in total. The van der Waals surface area contributed by atoms with Crippen molar-refractivity contribution >= 4 is 46.8 Å². The van der Waals surface area contributed by atoms with Crippen LogP contribution in [-0.2, 0) is 4.74 Å². The van der Waals surface area contributed by atoms with Gasteiger partial charge in [-0.1, -0.05) is 49.2 Å². The molecule has 1 heterocycles. The van der Waals surface area contributed by atoms with Gasteiger partial charge < -0.3 is 14.2 Å². The summed E-state index contributed by atoms with van der Waals surface area (Å²) in [6, 6.07) is 12.7. The highest BCUT2D eigenvalue weighted by atomic mass is 35.5. The average molecular weight is 487 g/mol. The highest BCUT2D eigenvalue weighted by molar-refractivity contribution is 6.37. The van der Waals surface area contributed by atoms with E-state index in [-0.39, 0.29) is 5.76 Å². The molecular weight excluding hydrogens is 463 g/mol. The number of carbonyl (C=O) groups excluding carboxylic acids is 1. The Morgan fingerprint density at radius 2 is 1.61 bits per heavy atom. The third-order valence-corrected chi connectivity index (χ3v) is 5.46. The SMILES string of the molecule is COc1ccc(C(=Cc2c(Cl)cncc2Cl)OC(=O)Nc2ccc(C(C)C)cc2)cc1OC. The predicted molar refractivity (Wildman–Crippen MR) is 132 cm³/mol. The van der Waals surface area contributed by atoms with Crippen molar-refractivity contribution in [1.29, 1.82) is 0 Å². The van der Waals surface area contributed by atoms with Crippen LogP contribution >= 0.6 is 23.2 Å². The van der Waals surface area contributed by atoms with E-state index in [0.717, 1.165) is 0 Å². The molecule has 3 aromatic rings. The summed E-state index contributed by atoms with van der Waals surface area (Å²) in [6.07, 6.45) is 3.83. The van der Waals surface area contributed by atoms with E-state index in [1.54, 1.807) is 31.4 Å². The van der Waals surface area contributed by atoms with E-state index in [0.29, 0.717) is 44.3 Å². The topological polar surface area (TPSA) is 69.7 Å². The fourth-order valence-electron chi connectivity index (χ4n) is 3.05. The molecule has 0 fully saturated rings. The lowest BCUT2D eigenvalue weighted by molar-refractivity contribution is 0.207. The Morgan fingerprint density at radius 1 is 0.970 bits per heavy atom. The molecule has 6 nitrogen and oxygen atoms in total. The number of hydrogen-bond acceptors (Lipinski definition) is 5. The summed E-state index contributed by atoms with van der Waals surface area (Å²) in [5, 5.41) is 3.37. The molecule has 0 radical (unpaired) electrons. The number of carbonyl (C=O) groups is 1. The minimum Gasteiger partial charge on any atom is -0.493 e. The molecule has 0 aliphatic rings. The summed E-state index contributed by atoms with van der Waals surface area (Å²) in [4.78, 5) is 16.7. The maximum absolute atomic E-state index is 12.7. The number of nitrogens with zero attached hydrogens (tertiary/aromatic N) is 1. The van der Waals surface area contributed by atoms with Crippen LogP contribution in [0.15, 0.2) is 54.9 Å². The van der Waals surface area contributed by atoms with Gasteiger partial charge in [0.25, 0.3) is 0 Å². The van der Waals surface area contributed by atoms with Crippen LogP contribution in [0, 0.1) is 0 Å². The van der Waals surface area contributed by atoms with Gasteiger partial charge in [0.1, 0.15) is 5.76 Å². The molecule has 0 aliphatic heterocycles. The van der Waals surface area contributed by atoms with E-state index >= 15 is 0 Å². The van der Waals surface area contributed by atoms with E-state index in [1.165, 1.54) is 25.1 Å². The van der Waals surface area contributed by atoms with Gasteiger partial charge in [0.05, 0.1) is 24.3 Å². The number of methoxy groups -OCH3 is 2. The van der Waals surface area contributed by atoms with Crippen LogP contribution in [0.2, 0.25) is 10.0 Å². The Bertz CT molecular complexity index is 1140. The summed E-state index contributed by atoms with van der Waals surface area (Å²) in [5.74, 6) is 1.61. The quantitative estimate of drug-likeness (QED) is 0.355. The Kier molecular flexibility index (Phi) is 8.20. The van der Waals surface area contributed by atoms with Crippen LogP contribution in [0.4, 0.5) is 10.5 Å². The van der Waals surface area contributed by atoms with Crippen molar-refractivity contribution in [3.05, 3.63) is 81.6 Å². The Morgan fingerprint density at radius 3 is 2.18 bits per heavy atom. The first kappa shape index (κ1) is 24.4. The first-order valence-electron chi connectivity index (χ1n) is 10.1. The summed E-state index contributed by atoms with van der Waals surface area (Å²) in [5.41, 5.74) is 2.80. The van der Waals surface area contributed by atoms with Gasteiger partial charge in [0.2, 0.25) is 0 Å². The summed E-state index contributed by atoms with van der Waals surface area (Å²) in [6.45, 7) is 4.21. The van der Waals surface area contributed by atoms with Crippen molar-refractivity contribution < 1.29 is 19.0 Å². The molecule has 0 unspecified atom stereocenters. The van der Waals surface area contributed by atoms with Crippen LogP contribution < -0.4 is 14.8 Å². The Hall–Kier alpha value is -3.22. The van der Waals surface area contributed by atoms with Crippen LogP contribution in [0.1, 0.15) is 36.5 Å². The number of aromatic nitrogens is 1. The maximum atomic E-state index is 12.7. The normalized spacial score (nSPS) is 11.3. The van der Waals surface area contributed by atoms with Gasteiger partial charge in [-0.15, -0.1) is 0 Å². The second kappa shape index (κ2) is 11.1. The standard InChI is InChI=1S/C25H24Cl2N2O4/c1-15(2)16-5-8-18(9-6-16)29-25(30)33-23(12-19-20(26)13-28-14-21(19)27)17-7-10-22(31-3)24(11-17)32-4/h5-15H,1-4H3,(H,29,30). The number of benzene rings is 2. The monoisotopic (exact) mass is 486 g/mol. The predicted octanol–water partition coefficient (Wildman–Crippen LogP) is 7.28. The molecule has 1 amide bonds. The van der Waals surface area contributed by atoms with Crippen molar-refractivity contribution in [1.82, 2.24) is 4.98 Å². The van der Waals surface area contributed by atoms with E-state index in [2.05, 4.69) is 24.1 Å². The smallest absolute Gasteiger partial charge is 0.417 e. The van der Waals surface area contributed by atoms with Gasteiger partial charge in [-0.05, 0) is 47.9 Å².